The Morgan fingerprint density at radius 3 is 2.55 bits per heavy atom. The average molecular weight is 423 g/mol. The Morgan fingerprint density at radius 2 is 1.95 bits per heavy atom. The number of halogens is 2. The van der Waals surface area contributed by atoms with Crippen LogP contribution >= 0.6 is 22.6 Å². The van der Waals surface area contributed by atoms with Gasteiger partial charge in [0.05, 0.1) is 19.8 Å². The molecule has 0 aliphatic rings. The number of carbonyl (C=O) groups excluding carboxylic acids is 3. The number of rotatable bonds is 6. The zero-order valence-electron chi connectivity index (χ0n) is 12.0. The van der Waals surface area contributed by atoms with Gasteiger partial charge in [0.1, 0.15) is 11.9 Å². The second-order valence-electron chi connectivity index (χ2n) is 4.29. The lowest BCUT2D eigenvalue weighted by Crippen LogP contribution is -2.42. The van der Waals surface area contributed by atoms with Gasteiger partial charge in [0, 0.05) is 9.99 Å². The lowest BCUT2D eigenvalue weighted by Gasteiger charge is -2.16. The van der Waals surface area contributed by atoms with E-state index in [1.807, 2.05) is 22.6 Å². The largest absolute Gasteiger partial charge is 0.469 e. The first kappa shape index (κ1) is 18.3. The molecule has 22 heavy (non-hydrogen) atoms. The fourth-order valence-electron chi connectivity index (χ4n) is 1.66. The summed E-state index contributed by atoms with van der Waals surface area (Å²) >= 11 is 1.94. The lowest BCUT2D eigenvalue weighted by molar-refractivity contribution is -0.144. The summed E-state index contributed by atoms with van der Waals surface area (Å²) < 4.78 is 23.4. The van der Waals surface area contributed by atoms with Crippen molar-refractivity contribution in [1.82, 2.24) is 5.32 Å². The zero-order valence-corrected chi connectivity index (χ0v) is 14.2. The van der Waals surface area contributed by atoms with Crippen LogP contribution in [0.4, 0.5) is 4.39 Å². The molecule has 1 aromatic rings. The Labute approximate surface area is 140 Å². The third-order valence-corrected chi connectivity index (χ3v) is 3.50. The topological polar surface area (TPSA) is 81.7 Å². The Morgan fingerprint density at radius 1 is 1.27 bits per heavy atom. The van der Waals surface area contributed by atoms with Gasteiger partial charge in [-0.15, -0.1) is 0 Å². The number of ether oxygens (including phenoxy) is 2. The molecular weight excluding hydrogens is 408 g/mol. The van der Waals surface area contributed by atoms with Crippen LogP contribution in [0.1, 0.15) is 23.2 Å². The highest BCUT2D eigenvalue weighted by Crippen LogP contribution is 2.13. The standard InChI is InChI=1S/C14H15FINO5/c1-21-12(18)6-5-11(14(20)22-2)17-13(19)9-7-8(16)3-4-10(9)15/h3-4,7,11H,5-6H2,1-2H3,(H,17,19)/t11-/m0/s1. The molecule has 0 heterocycles. The fraction of sp³-hybridized carbons (Fsp3) is 0.357. The number of methoxy groups -OCH3 is 2. The maximum atomic E-state index is 13.7. The van der Waals surface area contributed by atoms with E-state index in [2.05, 4.69) is 14.8 Å². The molecule has 6 nitrogen and oxygen atoms in total. The van der Waals surface area contributed by atoms with Crippen molar-refractivity contribution in [3.8, 4) is 0 Å². The summed E-state index contributed by atoms with van der Waals surface area (Å²) in [6.45, 7) is 0. The second kappa shape index (κ2) is 8.66. The van der Waals surface area contributed by atoms with Gasteiger partial charge in [-0.25, -0.2) is 9.18 Å². The summed E-state index contributed by atoms with van der Waals surface area (Å²) in [4.78, 5) is 34.9. The Kier molecular flexibility index (Phi) is 7.22. The van der Waals surface area contributed by atoms with Crippen LogP contribution in [0.5, 0.6) is 0 Å². The summed E-state index contributed by atoms with van der Waals surface area (Å²) in [5.74, 6) is -2.70. The van der Waals surface area contributed by atoms with Crippen molar-refractivity contribution in [2.24, 2.45) is 0 Å². The molecule has 0 saturated heterocycles. The van der Waals surface area contributed by atoms with Gasteiger partial charge in [0.25, 0.3) is 5.91 Å². The first-order chi connectivity index (χ1) is 10.4. The number of hydrogen-bond donors (Lipinski definition) is 1. The van der Waals surface area contributed by atoms with Gasteiger partial charge in [-0.1, -0.05) is 0 Å². The summed E-state index contributed by atoms with van der Waals surface area (Å²) in [5.41, 5.74) is -0.182. The van der Waals surface area contributed by atoms with Crippen molar-refractivity contribution >= 4 is 40.4 Å². The molecule has 1 aromatic carbocycles. The van der Waals surface area contributed by atoms with Crippen LogP contribution in [-0.2, 0) is 19.1 Å². The van der Waals surface area contributed by atoms with Gasteiger partial charge < -0.3 is 14.8 Å². The minimum atomic E-state index is -1.06. The Bertz CT molecular complexity index is 578. The van der Waals surface area contributed by atoms with E-state index in [-0.39, 0.29) is 18.4 Å². The molecule has 1 rings (SSSR count). The molecule has 0 aliphatic heterocycles. The lowest BCUT2D eigenvalue weighted by atomic mass is 10.1. The van der Waals surface area contributed by atoms with Crippen LogP contribution in [0.3, 0.4) is 0 Å². The molecule has 1 amide bonds. The third-order valence-electron chi connectivity index (χ3n) is 2.83. The summed E-state index contributed by atoms with van der Waals surface area (Å²) in [7, 11) is 2.38. The first-order valence-electron chi connectivity index (χ1n) is 6.29. The van der Waals surface area contributed by atoms with Crippen LogP contribution in [0.25, 0.3) is 0 Å². The molecular formula is C14H15FINO5. The van der Waals surface area contributed by atoms with Gasteiger partial charge in [0.15, 0.2) is 0 Å². The molecule has 0 aliphatic carbocycles. The predicted molar refractivity (Wildman–Crippen MR) is 83.6 cm³/mol. The van der Waals surface area contributed by atoms with Crippen molar-refractivity contribution in [3.63, 3.8) is 0 Å². The molecule has 0 bridgehead atoms. The molecule has 1 atom stereocenters. The van der Waals surface area contributed by atoms with E-state index in [9.17, 15) is 18.8 Å². The number of nitrogens with one attached hydrogen (secondary N) is 1. The predicted octanol–water partition coefficient (Wildman–Crippen LogP) is 1.65. The van der Waals surface area contributed by atoms with Gasteiger partial charge in [-0.05, 0) is 47.2 Å². The molecule has 0 aromatic heterocycles. The zero-order chi connectivity index (χ0) is 16.7. The van der Waals surface area contributed by atoms with Gasteiger partial charge in [0.2, 0.25) is 0 Å². The number of amides is 1. The molecule has 0 radical (unpaired) electrons. The normalized spacial score (nSPS) is 11.5. The SMILES string of the molecule is COC(=O)CC[C@H](NC(=O)c1cc(I)ccc1F)C(=O)OC. The highest BCUT2D eigenvalue weighted by atomic mass is 127. The van der Waals surface area contributed by atoms with Crippen LogP contribution in [0.15, 0.2) is 18.2 Å². The van der Waals surface area contributed by atoms with Gasteiger partial charge in [-0.3, -0.25) is 9.59 Å². The second-order valence-corrected chi connectivity index (χ2v) is 5.53. The fourth-order valence-corrected chi connectivity index (χ4v) is 2.15. The molecule has 8 heteroatoms. The maximum Gasteiger partial charge on any atom is 0.328 e. The average Bonchev–Trinajstić information content (AvgIpc) is 2.52. The van der Waals surface area contributed by atoms with E-state index < -0.39 is 29.7 Å². The quantitative estimate of drug-likeness (QED) is 0.556. The smallest absolute Gasteiger partial charge is 0.328 e. The van der Waals surface area contributed by atoms with E-state index in [1.165, 1.54) is 19.2 Å². The van der Waals surface area contributed by atoms with Gasteiger partial charge in [-0.2, -0.15) is 0 Å². The molecule has 0 unspecified atom stereocenters. The van der Waals surface area contributed by atoms with E-state index >= 15 is 0 Å². The first-order valence-corrected chi connectivity index (χ1v) is 7.37. The van der Waals surface area contributed by atoms with Crippen LogP contribution in [-0.4, -0.2) is 38.1 Å². The molecule has 0 fully saturated rings. The van der Waals surface area contributed by atoms with E-state index in [0.717, 1.165) is 13.2 Å². The van der Waals surface area contributed by atoms with Gasteiger partial charge >= 0.3 is 11.9 Å². The number of esters is 2. The maximum absolute atomic E-state index is 13.7. The van der Waals surface area contributed by atoms with E-state index in [1.54, 1.807) is 0 Å². The van der Waals surface area contributed by atoms with Crippen LogP contribution in [0.2, 0.25) is 0 Å². The molecule has 1 N–H and O–H groups in total. The minimum absolute atomic E-state index is 0.00334. The highest BCUT2D eigenvalue weighted by Gasteiger charge is 2.24. The third kappa shape index (κ3) is 5.24. The molecule has 120 valence electrons. The molecule has 0 spiro atoms. The highest BCUT2D eigenvalue weighted by molar-refractivity contribution is 14.1. The van der Waals surface area contributed by atoms with Crippen molar-refractivity contribution < 1.29 is 28.2 Å². The van der Waals surface area contributed by atoms with Crippen molar-refractivity contribution in [2.45, 2.75) is 18.9 Å². The summed E-state index contributed by atoms with van der Waals surface area (Å²) in [6, 6.07) is 2.98. The van der Waals surface area contributed by atoms with Crippen LogP contribution in [0, 0.1) is 9.39 Å². The van der Waals surface area contributed by atoms with E-state index in [0.29, 0.717) is 3.57 Å². The Hall–Kier alpha value is -1.71. The Balaban J connectivity index is 2.84. The monoisotopic (exact) mass is 423 g/mol. The number of benzene rings is 1. The summed E-state index contributed by atoms with van der Waals surface area (Å²) in [6.07, 6.45) is -0.0814. The van der Waals surface area contributed by atoms with E-state index in [4.69, 9.17) is 0 Å². The minimum Gasteiger partial charge on any atom is -0.469 e. The van der Waals surface area contributed by atoms with Crippen molar-refractivity contribution in [2.75, 3.05) is 14.2 Å². The van der Waals surface area contributed by atoms with Crippen molar-refractivity contribution in [3.05, 3.63) is 33.1 Å². The summed E-state index contributed by atoms with van der Waals surface area (Å²) in [5, 5.41) is 2.37. The van der Waals surface area contributed by atoms with Crippen LogP contribution < -0.4 is 5.32 Å². The molecule has 0 saturated carbocycles. The van der Waals surface area contributed by atoms with Crippen molar-refractivity contribution in [1.29, 1.82) is 0 Å². The number of hydrogen-bond acceptors (Lipinski definition) is 5. The number of carbonyl (C=O) groups is 3.